The molecule has 0 atom stereocenters. The van der Waals surface area contributed by atoms with Crippen molar-refractivity contribution in [1.29, 1.82) is 0 Å². The summed E-state index contributed by atoms with van der Waals surface area (Å²) in [6.45, 7) is 5.19. The van der Waals surface area contributed by atoms with Crippen molar-refractivity contribution in [3.05, 3.63) is 45.2 Å². The maximum absolute atomic E-state index is 13.3. The molecule has 0 spiro atoms. The number of carbonyl (C=O) groups excluding carboxylic acids is 1. The van der Waals surface area contributed by atoms with E-state index in [4.69, 9.17) is 21.9 Å². The number of aromatic nitrogens is 2. The summed E-state index contributed by atoms with van der Waals surface area (Å²) in [6, 6.07) is 5.45. The molecular formula is C21H24N4O3S2. The molecule has 0 aliphatic carbocycles. The molecule has 9 heteroatoms. The van der Waals surface area contributed by atoms with Gasteiger partial charge in [0.05, 0.1) is 23.7 Å². The average Bonchev–Trinajstić information content (AvgIpc) is 3.03. The number of thioether (sulfide) groups is 1. The number of morpholine rings is 1. The van der Waals surface area contributed by atoms with Gasteiger partial charge >= 0.3 is 0 Å². The Morgan fingerprint density at radius 3 is 2.80 bits per heavy atom. The molecule has 2 aliphatic rings. The number of hydrogen-bond acceptors (Lipinski definition) is 7. The minimum Gasteiger partial charge on any atom is -0.378 e. The summed E-state index contributed by atoms with van der Waals surface area (Å²) < 4.78 is 7.51. The molecule has 4 heterocycles. The maximum Gasteiger partial charge on any atom is 0.267 e. The predicted molar refractivity (Wildman–Crippen MR) is 124 cm³/mol. The van der Waals surface area contributed by atoms with Gasteiger partial charge in [-0.2, -0.15) is 0 Å². The molecule has 0 aromatic carbocycles. The summed E-state index contributed by atoms with van der Waals surface area (Å²) in [5, 5.41) is 0. The van der Waals surface area contributed by atoms with Crippen LogP contribution in [0.4, 0.5) is 5.82 Å². The molecule has 1 amide bonds. The van der Waals surface area contributed by atoms with Gasteiger partial charge in [0.15, 0.2) is 0 Å². The Balaban J connectivity index is 1.76. The van der Waals surface area contributed by atoms with E-state index in [-0.39, 0.29) is 11.5 Å². The second-order valence-corrected chi connectivity index (χ2v) is 8.90. The van der Waals surface area contributed by atoms with Crippen LogP contribution in [-0.2, 0) is 9.53 Å². The summed E-state index contributed by atoms with van der Waals surface area (Å²) in [4.78, 5) is 35.2. The first kappa shape index (κ1) is 21.0. The largest absolute Gasteiger partial charge is 0.378 e. The molecule has 2 aromatic rings. The Labute approximate surface area is 184 Å². The molecule has 0 bridgehead atoms. The van der Waals surface area contributed by atoms with Gasteiger partial charge in [0.2, 0.25) is 0 Å². The van der Waals surface area contributed by atoms with Gasteiger partial charge in [0.1, 0.15) is 15.8 Å². The molecule has 2 fully saturated rings. The van der Waals surface area contributed by atoms with Crippen LogP contribution in [0.5, 0.6) is 0 Å². The highest BCUT2D eigenvalue weighted by Crippen LogP contribution is 2.33. The van der Waals surface area contributed by atoms with Crippen LogP contribution in [0.3, 0.4) is 0 Å². The summed E-state index contributed by atoms with van der Waals surface area (Å²) in [6.07, 6.45) is 6.40. The summed E-state index contributed by atoms with van der Waals surface area (Å²) in [5.41, 5.74) is 0.793. The molecule has 0 unspecified atom stereocenters. The highest BCUT2D eigenvalue weighted by Gasteiger charge is 2.32. The quantitative estimate of drug-likeness (QED) is 0.386. The zero-order valence-corrected chi connectivity index (χ0v) is 18.5. The van der Waals surface area contributed by atoms with Crippen LogP contribution in [0.1, 0.15) is 31.7 Å². The fraction of sp³-hybridized carbons (Fsp3) is 0.429. The molecule has 2 aliphatic heterocycles. The van der Waals surface area contributed by atoms with Crippen LogP contribution in [0.15, 0.2) is 34.1 Å². The highest BCUT2D eigenvalue weighted by molar-refractivity contribution is 8.26. The summed E-state index contributed by atoms with van der Waals surface area (Å²) in [5.74, 6) is 0.456. The highest BCUT2D eigenvalue weighted by atomic mass is 32.2. The van der Waals surface area contributed by atoms with Gasteiger partial charge in [-0.25, -0.2) is 4.98 Å². The van der Waals surface area contributed by atoms with Crippen molar-refractivity contribution in [2.24, 2.45) is 0 Å². The standard InChI is InChI=1S/C21H24N4O3S2/c1-2-3-5-9-25-20(27)16(30-21(25)29)14-15-18(23-10-12-28-13-11-23)22-17-7-4-6-8-24(17)19(15)26/h4,6-8,14H,2-3,5,9-13H2,1H3/b16-14+. The van der Waals surface area contributed by atoms with Crippen LogP contribution in [0.25, 0.3) is 11.7 Å². The van der Waals surface area contributed by atoms with E-state index < -0.39 is 0 Å². The molecule has 158 valence electrons. The molecule has 7 nitrogen and oxygen atoms in total. The third kappa shape index (κ3) is 4.14. The number of pyridine rings is 1. The van der Waals surface area contributed by atoms with Crippen LogP contribution in [-0.4, -0.2) is 57.4 Å². The third-order valence-corrected chi connectivity index (χ3v) is 6.57. The number of hydrogen-bond donors (Lipinski definition) is 0. The Morgan fingerprint density at radius 1 is 1.23 bits per heavy atom. The zero-order chi connectivity index (χ0) is 21.1. The van der Waals surface area contributed by atoms with Crippen LogP contribution < -0.4 is 10.5 Å². The van der Waals surface area contributed by atoms with Gasteiger partial charge in [-0.05, 0) is 24.6 Å². The number of ether oxygens (including phenoxy) is 1. The molecule has 0 N–H and O–H groups in total. The molecule has 0 saturated carbocycles. The van der Waals surface area contributed by atoms with E-state index in [0.29, 0.717) is 59.1 Å². The fourth-order valence-corrected chi connectivity index (χ4v) is 4.87. The minimum absolute atomic E-state index is 0.133. The molecule has 30 heavy (non-hydrogen) atoms. The molecule has 2 aromatic heterocycles. The first-order valence-corrected chi connectivity index (χ1v) is 11.4. The van der Waals surface area contributed by atoms with Gasteiger partial charge in [-0.1, -0.05) is 49.8 Å². The predicted octanol–water partition coefficient (Wildman–Crippen LogP) is 2.92. The van der Waals surface area contributed by atoms with Crippen molar-refractivity contribution in [3.63, 3.8) is 0 Å². The van der Waals surface area contributed by atoms with E-state index in [1.807, 2.05) is 17.0 Å². The second kappa shape index (κ2) is 9.28. The number of anilines is 1. The molecule has 0 radical (unpaired) electrons. The van der Waals surface area contributed by atoms with Gasteiger partial charge in [0, 0.05) is 25.8 Å². The van der Waals surface area contributed by atoms with Gasteiger partial charge in [0.25, 0.3) is 11.5 Å². The lowest BCUT2D eigenvalue weighted by Crippen LogP contribution is -2.38. The number of unbranched alkanes of at least 4 members (excludes halogenated alkanes) is 2. The minimum atomic E-state index is -0.196. The van der Waals surface area contributed by atoms with Gasteiger partial charge < -0.3 is 9.64 Å². The van der Waals surface area contributed by atoms with Gasteiger partial charge in [-0.3, -0.25) is 18.9 Å². The number of thiocarbonyl (C=S) groups is 1. The third-order valence-electron chi connectivity index (χ3n) is 5.19. The Bertz CT molecular complexity index is 1060. The van der Waals surface area contributed by atoms with E-state index in [0.717, 1.165) is 19.3 Å². The van der Waals surface area contributed by atoms with E-state index in [2.05, 4.69) is 6.92 Å². The normalized spacial score (nSPS) is 18.8. The maximum atomic E-state index is 13.3. The lowest BCUT2D eigenvalue weighted by Gasteiger charge is -2.29. The Morgan fingerprint density at radius 2 is 2.03 bits per heavy atom. The summed E-state index contributed by atoms with van der Waals surface area (Å²) >= 11 is 6.68. The van der Waals surface area contributed by atoms with E-state index in [1.54, 1.807) is 23.2 Å². The second-order valence-electron chi connectivity index (χ2n) is 7.22. The van der Waals surface area contributed by atoms with E-state index in [9.17, 15) is 9.59 Å². The Hall–Kier alpha value is -2.23. The fourth-order valence-electron chi connectivity index (χ4n) is 3.58. The Kier molecular flexibility index (Phi) is 6.50. The van der Waals surface area contributed by atoms with Crippen molar-refractivity contribution in [3.8, 4) is 0 Å². The van der Waals surface area contributed by atoms with Crippen molar-refractivity contribution < 1.29 is 9.53 Å². The smallest absolute Gasteiger partial charge is 0.267 e. The average molecular weight is 445 g/mol. The first-order valence-electron chi connectivity index (χ1n) is 10.2. The topological polar surface area (TPSA) is 67.2 Å². The number of nitrogens with zero attached hydrogens (tertiary/aromatic N) is 4. The van der Waals surface area contributed by atoms with E-state index in [1.165, 1.54) is 16.2 Å². The lowest BCUT2D eigenvalue weighted by molar-refractivity contribution is -0.122. The van der Waals surface area contributed by atoms with Crippen molar-refractivity contribution >= 4 is 51.7 Å². The van der Waals surface area contributed by atoms with Crippen LogP contribution >= 0.6 is 24.0 Å². The first-order chi connectivity index (χ1) is 14.6. The van der Waals surface area contributed by atoms with Crippen LogP contribution in [0.2, 0.25) is 0 Å². The van der Waals surface area contributed by atoms with Crippen LogP contribution in [0, 0.1) is 0 Å². The number of fused-ring (bicyclic) bond motifs is 1. The molecule has 4 rings (SSSR count). The van der Waals surface area contributed by atoms with Gasteiger partial charge in [-0.15, -0.1) is 0 Å². The molecular weight excluding hydrogens is 420 g/mol. The zero-order valence-electron chi connectivity index (χ0n) is 16.9. The molecule has 2 saturated heterocycles. The number of carbonyl (C=O) groups is 1. The van der Waals surface area contributed by atoms with Crippen molar-refractivity contribution in [1.82, 2.24) is 14.3 Å². The van der Waals surface area contributed by atoms with Crippen molar-refractivity contribution in [2.45, 2.75) is 26.2 Å². The van der Waals surface area contributed by atoms with E-state index >= 15 is 0 Å². The summed E-state index contributed by atoms with van der Waals surface area (Å²) in [7, 11) is 0. The SMILES string of the molecule is CCCCCN1C(=O)/C(=C\c2c(N3CCOCC3)nc3ccccn3c2=O)SC1=S. The monoisotopic (exact) mass is 444 g/mol. The lowest BCUT2D eigenvalue weighted by atomic mass is 10.2. The van der Waals surface area contributed by atoms with Crippen molar-refractivity contribution in [2.75, 3.05) is 37.7 Å². The number of amides is 1. The number of rotatable bonds is 6.